The standard InChI is InChI=1S/C13H23N3O2/c1-4-9-18-10-6-11(14-5-2)12-13(17-3)16-8-7-15-12/h7-8,11,14H,4-6,9-10H2,1-3H3. The van der Waals surface area contributed by atoms with Crippen LogP contribution in [0.2, 0.25) is 0 Å². The molecule has 0 aliphatic carbocycles. The lowest BCUT2D eigenvalue weighted by atomic mass is 10.1. The molecule has 5 nitrogen and oxygen atoms in total. The number of aromatic nitrogens is 2. The van der Waals surface area contributed by atoms with Gasteiger partial charge in [-0.25, -0.2) is 4.98 Å². The molecule has 1 unspecified atom stereocenters. The molecule has 1 N–H and O–H groups in total. The predicted octanol–water partition coefficient (Wildman–Crippen LogP) is 1.95. The van der Waals surface area contributed by atoms with E-state index in [1.54, 1.807) is 19.5 Å². The van der Waals surface area contributed by atoms with Crippen LogP contribution in [0.5, 0.6) is 5.88 Å². The van der Waals surface area contributed by atoms with E-state index >= 15 is 0 Å². The van der Waals surface area contributed by atoms with Gasteiger partial charge in [0.15, 0.2) is 0 Å². The van der Waals surface area contributed by atoms with E-state index in [4.69, 9.17) is 9.47 Å². The Hall–Kier alpha value is -1.20. The lowest BCUT2D eigenvalue weighted by Gasteiger charge is -2.18. The molecule has 1 rings (SSSR count). The van der Waals surface area contributed by atoms with Crippen molar-refractivity contribution in [3.8, 4) is 5.88 Å². The van der Waals surface area contributed by atoms with Crippen molar-refractivity contribution in [1.29, 1.82) is 0 Å². The summed E-state index contributed by atoms with van der Waals surface area (Å²) in [6.45, 7) is 6.57. The van der Waals surface area contributed by atoms with Gasteiger partial charge in [0, 0.05) is 25.6 Å². The van der Waals surface area contributed by atoms with E-state index in [0.717, 1.165) is 31.7 Å². The Morgan fingerprint density at radius 1 is 1.22 bits per heavy atom. The van der Waals surface area contributed by atoms with E-state index in [2.05, 4.69) is 29.1 Å². The minimum atomic E-state index is 0.121. The van der Waals surface area contributed by atoms with Crippen molar-refractivity contribution in [1.82, 2.24) is 15.3 Å². The number of hydrogen-bond acceptors (Lipinski definition) is 5. The maximum absolute atomic E-state index is 5.53. The van der Waals surface area contributed by atoms with Gasteiger partial charge in [-0.1, -0.05) is 13.8 Å². The van der Waals surface area contributed by atoms with Gasteiger partial charge in [0.25, 0.3) is 0 Å². The lowest BCUT2D eigenvalue weighted by molar-refractivity contribution is 0.124. The summed E-state index contributed by atoms with van der Waals surface area (Å²) in [6, 6.07) is 0.121. The number of methoxy groups -OCH3 is 1. The smallest absolute Gasteiger partial charge is 0.236 e. The monoisotopic (exact) mass is 253 g/mol. The van der Waals surface area contributed by atoms with Crippen molar-refractivity contribution in [3.63, 3.8) is 0 Å². The van der Waals surface area contributed by atoms with Gasteiger partial charge >= 0.3 is 0 Å². The van der Waals surface area contributed by atoms with Gasteiger partial charge in [-0.3, -0.25) is 4.98 Å². The van der Waals surface area contributed by atoms with Crippen LogP contribution < -0.4 is 10.1 Å². The van der Waals surface area contributed by atoms with Crippen molar-refractivity contribution >= 4 is 0 Å². The molecule has 0 aliphatic rings. The minimum absolute atomic E-state index is 0.121. The van der Waals surface area contributed by atoms with Crippen LogP contribution in [0.15, 0.2) is 12.4 Å². The third kappa shape index (κ3) is 4.58. The molecule has 18 heavy (non-hydrogen) atoms. The predicted molar refractivity (Wildman–Crippen MR) is 70.7 cm³/mol. The molecule has 0 saturated heterocycles. The molecule has 1 aromatic heterocycles. The first-order chi connectivity index (χ1) is 8.83. The van der Waals surface area contributed by atoms with Crippen LogP contribution in [0.4, 0.5) is 0 Å². The maximum Gasteiger partial charge on any atom is 0.236 e. The Labute approximate surface area is 109 Å². The summed E-state index contributed by atoms with van der Waals surface area (Å²) < 4.78 is 10.8. The largest absolute Gasteiger partial charge is 0.480 e. The molecule has 1 heterocycles. The van der Waals surface area contributed by atoms with Gasteiger partial charge in [-0.15, -0.1) is 0 Å². The molecule has 0 aliphatic heterocycles. The van der Waals surface area contributed by atoms with Crippen LogP contribution in [0.1, 0.15) is 38.4 Å². The topological polar surface area (TPSA) is 56.3 Å². The highest BCUT2D eigenvalue weighted by atomic mass is 16.5. The Bertz CT molecular complexity index is 334. The van der Waals surface area contributed by atoms with Crippen molar-refractivity contribution in [2.24, 2.45) is 0 Å². The van der Waals surface area contributed by atoms with Crippen molar-refractivity contribution in [3.05, 3.63) is 18.1 Å². The van der Waals surface area contributed by atoms with Gasteiger partial charge < -0.3 is 14.8 Å². The fourth-order valence-corrected chi connectivity index (χ4v) is 1.76. The summed E-state index contributed by atoms with van der Waals surface area (Å²) in [5.74, 6) is 0.582. The molecule has 0 aromatic carbocycles. The van der Waals surface area contributed by atoms with Crippen LogP contribution in [0, 0.1) is 0 Å². The van der Waals surface area contributed by atoms with Crippen molar-refractivity contribution in [2.45, 2.75) is 32.7 Å². The lowest BCUT2D eigenvalue weighted by Crippen LogP contribution is -2.24. The van der Waals surface area contributed by atoms with Crippen molar-refractivity contribution in [2.75, 3.05) is 26.9 Å². The van der Waals surface area contributed by atoms with Crippen LogP contribution in [0.25, 0.3) is 0 Å². The van der Waals surface area contributed by atoms with Gasteiger partial charge in [0.1, 0.15) is 5.69 Å². The van der Waals surface area contributed by atoms with Gasteiger partial charge in [-0.05, 0) is 19.4 Å². The second-order valence-electron chi connectivity index (χ2n) is 3.96. The molecular weight excluding hydrogens is 230 g/mol. The van der Waals surface area contributed by atoms with E-state index < -0.39 is 0 Å². The second kappa shape index (κ2) is 8.83. The second-order valence-corrected chi connectivity index (χ2v) is 3.96. The summed E-state index contributed by atoms with van der Waals surface area (Å²) in [4.78, 5) is 8.54. The van der Waals surface area contributed by atoms with Gasteiger partial charge in [-0.2, -0.15) is 0 Å². The zero-order valence-electron chi connectivity index (χ0n) is 11.5. The summed E-state index contributed by atoms with van der Waals surface area (Å²) in [6.07, 6.45) is 5.23. The Morgan fingerprint density at radius 3 is 2.67 bits per heavy atom. The van der Waals surface area contributed by atoms with Gasteiger partial charge in [0.05, 0.1) is 13.2 Å². The van der Waals surface area contributed by atoms with Gasteiger partial charge in [0.2, 0.25) is 5.88 Å². The summed E-state index contributed by atoms with van der Waals surface area (Å²) >= 11 is 0. The number of nitrogens with zero attached hydrogens (tertiary/aromatic N) is 2. The van der Waals surface area contributed by atoms with E-state index in [1.165, 1.54) is 0 Å². The Kier molecular flexibility index (Phi) is 7.29. The van der Waals surface area contributed by atoms with E-state index in [9.17, 15) is 0 Å². The fourth-order valence-electron chi connectivity index (χ4n) is 1.76. The molecule has 1 aromatic rings. The number of hydrogen-bond donors (Lipinski definition) is 1. The average Bonchev–Trinajstić information content (AvgIpc) is 2.42. The molecule has 5 heteroatoms. The minimum Gasteiger partial charge on any atom is -0.480 e. The molecule has 0 amide bonds. The van der Waals surface area contributed by atoms with E-state index in [-0.39, 0.29) is 6.04 Å². The Balaban J connectivity index is 2.64. The van der Waals surface area contributed by atoms with Crippen LogP contribution in [-0.2, 0) is 4.74 Å². The van der Waals surface area contributed by atoms with Crippen LogP contribution in [0.3, 0.4) is 0 Å². The highest BCUT2D eigenvalue weighted by Crippen LogP contribution is 2.22. The Morgan fingerprint density at radius 2 is 2.00 bits per heavy atom. The first-order valence-electron chi connectivity index (χ1n) is 6.49. The number of nitrogens with one attached hydrogen (secondary N) is 1. The number of ether oxygens (including phenoxy) is 2. The fraction of sp³-hybridized carbons (Fsp3) is 0.692. The zero-order valence-corrected chi connectivity index (χ0v) is 11.5. The highest BCUT2D eigenvalue weighted by Gasteiger charge is 2.17. The summed E-state index contributed by atoms with van der Waals surface area (Å²) in [5.41, 5.74) is 0.849. The molecular formula is C13H23N3O2. The first kappa shape index (κ1) is 14.9. The summed E-state index contributed by atoms with van der Waals surface area (Å²) in [5, 5.41) is 3.39. The SMILES string of the molecule is CCCOCCC(NCC)c1nccnc1OC. The van der Waals surface area contributed by atoms with Crippen molar-refractivity contribution < 1.29 is 9.47 Å². The average molecular weight is 253 g/mol. The zero-order chi connectivity index (χ0) is 13.2. The maximum atomic E-state index is 5.53. The van der Waals surface area contributed by atoms with E-state index in [0.29, 0.717) is 12.5 Å². The van der Waals surface area contributed by atoms with E-state index in [1.807, 2.05) is 0 Å². The third-order valence-corrected chi connectivity index (χ3v) is 2.56. The molecule has 0 saturated carbocycles. The molecule has 102 valence electrons. The summed E-state index contributed by atoms with van der Waals surface area (Å²) in [7, 11) is 1.62. The number of rotatable bonds is 9. The molecule has 0 spiro atoms. The molecule has 1 atom stereocenters. The third-order valence-electron chi connectivity index (χ3n) is 2.56. The first-order valence-corrected chi connectivity index (χ1v) is 6.49. The normalized spacial score (nSPS) is 12.4. The molecule has 0 bridgehead atoms. The molecule has 0 radical (unpaired) electrons. The molecule has 0 fully saturated rings. The van der Waals surface area contributed by atoms with Crippen LogP contribution in [-0.4, -0.2) is 36.8 Å². The highest BCUT2D eigenvalue weighted by molar-refractivity contribution is 5.21. The van der Waals surface area contributed by atoms with Crippen LogP contribution >= 0.6 is 0 Å². The quantitative estimate of drug-likeness (QED) is 0.682.